The Kier molecular flexibility index (Phi) is 4.27. The van der Waals surface area contributed by atoms with Crippen LogP contribution in [0.25, 0.3) is 5.69 Å². The van der Waals surface area contributed by atoms with Gasteiger partial charge < -0.3 is 14.8 Å². The number of aromatic nitrogens is 2. The molecule has 1 aromatic heterocycles. The molecule has 2 aromatic carbocycles. The zero-order valence-corrected chi connectivity index (χ0v) is 14.9. The van der Waals surface area contributed by atoms with Gasteiger partial charge in [-0.15, -0.1) is 0 Å². The van der Waals surface area contributed by atoms with Gasteiger partial charge in [-0.05, 0) is 29.8 Å². The summed E-state index contributed by atoms with van der Waals surface area (Å²) in [4.78, 5) is 16.8. The number of methoxy groups -OCH3 is 2. The van der Waals surface area contributed by atoms with Gasteiger partial charge in [0.05, 0.1) is 25.6 Å². The van der Waals surface area contributed by atoms with Crippen molar-refractivity contribution in [3.8, 4) is 17.2 Å². The summed E-state index contributed by atoms with van der Waals surface area (Å²) in [5, 5.41) is 2.88. The number of fused-ring (bicyclic) bond motifs is 1. The van der Waals surface area contributed by atoms with Crippen molar-refractivity contribution in [2.45, 2.75) is 12.3 Å². The van der Waals surface area contributed by atoms with Crippen LogP contribution in [0.5, 0.6) is 11.5 Å². The minimum absolute atomic E-state index is 0.147. The Bertz CT molecular complexity index is 1020. The lowest BCUT2D eigenvalue weighted by Crippen LogP contribution is -2.25. The van der Waals surface area contributed by atoms with Gasteiger partial charge >= 0.3 is 0 Å². The van der Waals surface area contributed by atoms with Crippen molar-refractivity contribution in [2.75, 3.05) is 19.5 Å². The summed E-state index contributed by atoms with van der Waals surface area (Å²) >= 11 is 0. The normalized spacial score (nSPS) is 15.8. The second-order valence-electron chi connectivity index (χ2n) is 6.25. The van der Waals surface area contributed by atoms with Crippen LogP contribution in [-0.2, 0) is 4.79 Å². The number of anilines is 1. The molecule has 0 bridgehead atoms. The molecule has 1 atom stereocenters. The van der Waals surface area contributed by atoms with Crippen molar-refractivity contribution in [1.82, 2.24) is 9.55 Å². The maximum Gasteiger partial charge on any atom is 0.226 e. The number of carbonyl (C=O) groups is 1. The Morgan fingerprint density at radius 1 is 1.19 bits per heavy atom. The molecule has 3 aromatic rings. The number of carbonyl (C=O) groups excluding carboxylic acids is 1. The molecule has 1 amide bonds. The van der Waals surface area contributed by atoms with Crippen LogP contribution >= 0.6 is 0 Å². The molecular formula is C20H18FN3O3. The molecule has 1 aliphatic rings. The summed E-state index contributed by atoms with van der Waals surface area (Å²) < 4.78 is 26.1. The van der Waals surface area contributed by atoms with E-state index in [2.05, 4.69) is 10.3 Å². The summed E-state index contributed by atoms with van der Waals surface area (Å²) in [7, 11) is 3.15. The fraction of sp³-hybridized carbons (Fsp3) is 0.200. The maximum atomic E-state index is 13.7. The predicted molar refractivity (Wildman–Crippen MR) is 98.2 cm³/mol. The number of ether oxygens (including phenoxy) is 2. The minimum Gasteiger partial charge on any atom is -0.497 e. The minimum atomic E-state index is -0.337. The van der Waals surface area contributed by atoms with E-state index in [-0.39, 0.29) is 24.1 Å². The van der Waals surface area contributed by atoms with Crippen LogP contribution in [-0.4, -0.2) is 29.7 Å². The number of benzene rings is 2. The average molecular weight is 367 g/mol. The molecule has 7 heteroatoms. The van der Waals surface area contributed by atoms with Gasteiger partial charge in [0.15, 0.2) is 0 Å². The van der Waals surface area contributed by atoms with E-state index in [0.29, 0.717) is 28.7 Å². The molecule has 0 unspecified atom stereocenters. The molecule has 1 aliphatic heterocycles. The highest BCUT2D eigenvalue weighted by molar-refractivity contribution is 5.94. The lowest BCUT2D eigenvalue weighted by molar-refractivity contribution is -0.116. The highest BCUT2D eigenvalue weighted by atomic mass is 19.1. The molecule has 0 fully saturated rings. The highest BCUT2D eigenvalue weighted by Gasteiger charge is 2.31. The van der Waals surface area contributed by atoms with Gasteiger partial charge in [-0.25, -0.2) is 9.37 Å². The third kappa shape index (κ3) is 3.01. The summed E-state index contributed by atoms with van der Waals surface area (Å²) in [6.07, 6.45) is 1.85. The average Bonchev–Trinajstić information content (AvgIpc) is 3.10. The molecule has 0 saturated carbocycles. The smallest absolute Gasteiger partial charge is 0.226 e. The molecule has 0 saturated heterocycles. The zero-order valence-electron chi connectivity index (χ0n) is 14.9. The first kappa shape index (κ1) is 17.1. The maximum absolute atomic E-state index is 13.7. The summed E-state index contributed by atoms with van der Waals surface area (Å²) in [6, 6.07) is 11.7. The van der Waals surface area contributed by atoms with Crippen molar-refractivity contribution in [3.63, 3.8) is 0 Å². The van der Waals surface area contributed by atoms with Gasteiger partial charge in [0.1, 0.15) is 29.5 Å². The van der Waals surface area contributed by atoms with E-state index in [0.717, 1.165) is 5.56 Å². The Labute approximate surface area is 155 Å². The Balaban J connectivity index is 1.83. The Hall–Kier alpha value is -3.35. The first-order valence-electron chi connectivity index (χ1n) is 8.45. The molecule has 0 aliphatic carbocycles. The van der Waals surface area contributed by atoms with Crippen LogP contribution in [0.15, 0.2) is 48.8 Å². The first-order valence-corrected chi connectivity index (χ1v) is 8.45. The summed E-state index contributed by atoms with van der Waals surface area (Å²) in [5.41, 5.74) is 2.13. The van der Waals surface area contributed by atoms with Crippen molar-refractivity contribution in [1.29, 1.82) is 0 Å². The van der Waals surface area contributed by atoms with Gasteiger partial charge in [-0.3, -0.25) is 9.36 Å². The molecular weight excluding hydrogens is 349 g/mol. The van der Waals surface area contributed by atoms with Gasteiger partial charge in [0.25, 0.3) is 0 Å². The predicted octanol–water partition coefficient (Wildman–Crippen LogP) is 3.50. The van der Waals surface area contributed by atoms with E-state index in [1.807, 2.05) is 12.1 Å². The lowest BCUT2D eigenvalue weighted by Gasteiger charge is -2.23. The van der Waals surface area contributed by atoms with Gasteiger partial charge in [0, 0.05) is 18.4 Å². The van der Waals surface area contributed by atoms with E-state index >= 15 is 0 Å². The molecule has 6 nitrogen and oxygen atoms in total. The van der Waals surface area contributed by atoms with Crippen molar-refractivity contribution in [3.05, 3.63) is 65.9 Å². The fourth-order valence-electron chi connectivity index (χ4n) is 3.37. The van der Waals surface area contributed by atoms with Crippen LogP contribution < -0.4 is 14.8 Å². The molecule has 0 radical (unpaired) electrons. The lowest BCUT2D eigenvalue weighted by atomic mass is 9.90. The van der Waals surface area contributed by atoms with Crippen molar-refractivity contribution in [2.24, 2.45) is 0 Å². The SMILES string of the molecule is COc1ccc(-n2cnc3c2NC(=O)C[C@@H]3c2cccc(F)c2)c(OC)c1. The molecule has 4 rings (SSSR count). The summed E-state index contributed by atoms with van der Waals surface area (Å²) in [5.74, 6) is 1.00. The van der Waals surface area contributed by atoms with Gasteiger partial charge in [-0.1, -0.05) is 12.1 Å². The molecule has 138 valence electrons. The Morgan fingerprint density at radius 3 is 2.78 bits per heavy atom. The van der Waals surface area contributed by atoms with E-state index < -0.39 is 0 Å². The van der Waals surface area contributed by atoms with Crippen LogP contribution in [0, 0.1) is 5.82 Å². The van der Waals surface area contributed by atoms with E-state index in [1.165, 1.54) is 12.1 Å². The second-order valence-corrected chi connectivity index (χ2v) is 6.25. The van der Waals surface area contributed by atoms with E-state index in [9.17, 15) is 9.18 Å². The molecule has 1 N–H and O–H groups in total. The number of hydrogen-bond donors (Lipinski definition) is 1. The van der Waals surface area contributed by atoms with Gasteiger partial charge in [-0.2, -0.15) is 0 Å². The number of nitrogens with zero attached hydrogens (tertiary/aromatic N) is 2. The number of hydrogen-bond acceptors (Lipinski definition) is 4. The number of amides is 1. The third-order valence-corrected chi connectivity index (χ3v) is 4.67. The van der Waals surface area contributed by atoms with Crippen LogP contribution in [0.1, 0.15) is 23.6 Å². The zero-order chi connectivity index (χ0) is 19.0. The standard InChI is InChI=1S/C20H18FN3O3/c1-26-14-6-7-16(17(9-14)27-2)24-11-22-19-15(10-18(25)23-20(19)24)12-4-3-5-13(21)8-12/h3-9,11,15H,10H2,1-2H3,(H,23,25)/t15-/m1/s1. The largest absolute Gasteiger partial charge is 0.497 e. The molecule has 0 spiro atoms. The number of rotatable bonds is 4. The number of halogens is 1. The summed E-state index contributed by atoms with van der Waals surface area (Å²) in [6.45, 7) is 0. The third-order valence-electron chi connectivity index (χ3n) is 4.67. The Morgan fingerprint density at radius 2 is 2.04 bits per heavy atom. The fourth-order valence-corrected chi connectivity index (χ4v) is 3.37. The second kappa shape index (κ2) is 6.75. The number of imidazole rings is 1. The number of nitrogens with one attached hydrogen (secondary N) is 1. The van der Waals surface area contributed by atoms with Gasteiger partial charge in [0.2, 0.25) is 5.91 Å². The van der Waals surface area contributed by atoms with Crippen molar-refractivity contribution >= 4 is 11.7 Å². The van der Waals surface area contributed by atoms with Crippen LogP contribution in [0.2, 0.25) is 0 Å². The van der Waals surface area contributed by atoms with Crippen LogP contribution in [0.4, 0.5) is 10.2 Å². The quantitative estimate of drug-likeness (QED) is 0.766. The molecule has 27 heavy (non-hydrogen) atoms. The first-order chi connectivity index (χ1) is 13.1. The van der Waals surface area contributed by atoms with E-state index in [4.69, 9.17) is 9.47 Å². The highest BCUT2D eigenvalue weighted by Crippen LogP contribution is 2.39. The van der Waals surface area contributed by atoms with Crippen LogP contribution in [0.3, 0.4) is 0 Å². The monoisotopic (exact) mass is 367 g/mol. The molecule has 2 heterocycles. The van der Waals surface area contributed by atoms with Crippen molar-refractivity contribution < 1.29 is 18.7 Å². The topological polar surface area (TPSA) is 65.4 Å². The van der Waals surface area contributed by atoms with E-state index in [1.54, 1.807) is 43.3 Å².